The van der Waals surface area contributed by atoms with E-state index in [0.717, 1.165) is 6.29 Å². The minimum atomic E-state index is 0.233. The highest BCUT2D eigenvalue weighted by Gasteiger charge is 1.71. The normalized spacial score (nSPS) is 7.00. The van der Waals surface area contributed by atoms with Gasteiger partial charge in [0, 0.05) is 13.7 Å². The monoisotopic (exact) mass is 147 g/mol. The predicted octanol–water partition coefficient (Wildman–Crippen LogP) is -0.416. The molecule has 0 aromatic carbocycles. The van der Waals surface area contributed by atoms with Gasteiger partial charge in [-0.3, -0.25) is 4.79 Å². The van der Waals surface area contributed by atoms with E-state index in [-0.39, 0.29) is 6.61 Å². The summed E-state index contributed by atoms with van der Waals surface area (Å²) in [6, 6.07) is 0. The molecule has 0 saturated heterocycles. The van der Waals surface area contributed by atoms with Crippen LogP contribution in [0, 0.1) is 0 Å². The minimum absolute atomic E-state index is 0.233. The summed E-state index contributed by atoms with van der Waals surface area (Å²) in [5, 5.41) is 2.25. The van der Waals surface area contributed by atoms with Crippen LogP contribution in [0.15, 0.2) is 0 Å². The molecule has 0 fully saturated rings. The standard InChI is InChI=1S/C4H8O2.C2H5NO/c1-2-6-4-3-5;1-3-2-4/h3H,2,4H2,1H3;2H,1H3,(H,3,4). The van der Waals surface area contributed by atoms with Gasteiger partial charge in [0.05, 0.1) is 0 Å². The van der Waals surface area contributed by atoms with Crippen LogP contribution in [0.5, 0.6) is 0 Å². The van der Waals surface area contributed by atoms with Gasteiger partial charge in [-0.05, 0) is 6.92 Å². The topological polar surface area (TPSA) is 55.4 Å². The highest BCUT2D eigenvalue weighted by molar-refractivity contribution is 5.50. The second-order valence-corrected chi connectivity index (χ2v) is 1.23. The van der Waals surface area contributed by atoms with Gasteiger partial charge in [-0.15, -0.1) is 0 Å². The van der Waals surface area contributed by atoms with E-state index < -0.39 is 0 Å². The molecule has 4 nitrogen and oxygen atoms in total. The lowest BCUT2D eigenvalue weighted by atomic mass is 10.8. The van der Waals surface area contributed by atoms with E-state index in [1.807, 2.05) is 6.92 Å². The van der Waals surface area contributed by atoms with E-state index in [4.69, 9.17) is 4.79 Å². The van der Waals surface area contributed by atoms with Gasteiger partial charge in [0.25, 0.3) is 0 Å². The van der Waals surface area contributed by atoms with Crippen molar-refractivity contribution in [3.05, 3.63) is 0 Å². The first kappa shape index (κ1) is 11.8. The average molecular weight is 147 g/mol. The van der Waals surface area contributed by atoms with E-state index in [9.17, 15) is 4.79 Å². The van der Waals surface area contributed by atoms with Gasteiger partial charge in [0.2, 0.25) is 6.41 Å². The van der Waals surface area contributed by atoms with Crippen molar-refractivity contribution in [2.24, 2.45) is 0 Å². The number of amides is 1. The van der Waals surface area contributed by atoms with Gasteiger partial charge in [0.15, 0.2) is 0 Å². The first-order valence-corrected chi connectivity index (χ1v) is 2.95. The smallest absolute Gasteiger partial charge is 0.206 e. The molecule has 0 aromatic heterocycles. The number of hydrogen-bond donors (Lipinski definition) is 1. The van der Waals surface area contributed by atoms with Gasteiger partial charge in [-0.25, -0.2) is 0 Å². The zero-order valence-corrected chi connectivity index (χ0v) is 6.29. The van der Waals surface area contributed by atoms with Crippen LogP contribution in [-0.4, -0.2) is 33.0 Å². The molecular weight excluding hydrogens is 134 g/mol. The summed E-state index contributed by atoms with van der Waals surface area (Å²) in [4.78, 5) is 18.5. The Morgan fingerprint density at radius 2 is 2.00 bits per heavy atom. The Morgan fingerprint density at radius 3 is 2.10 bits per heavy atom. The number of carbonyl (C=O) groups excluding carboxylic acids is 2. The largest absolute Gasteiger partial charge is 0.374 e. The second-order valence-electron chi connectivity index (χ2n) is 1.23. The zero-order valence-electron chi connectivity index (χ0n) is 6.29. The van der Waals surface area contributed by atoms with E-state index in [1.54, 1.807) is 7.05 Å². The molecule has 0 unspecified atom stereocenters. The lowest BCUT2D eigenvalue weighted by Crippen LogP contribution is -1.98. The maximum absolute atomic E-state index is 9.44. The van der Waals surface area contributed by atoms with Crippen molar-refractivity contribution in [1.82, 2.24) is 5.32 Å². The molecule has 60 valence electrons. The van der Waals surface area contributed by atoms with E-state index in [0.29, 0.717) is 13.0 Å². The third-order valence-corrected chi connectivity index (χ3v) is 0.508. The van der Waals surface area contributed by atoms with Gasteiger partial charge in [-0.2, -0.15) is 0 Å². The summed E-state index contributed by atoms with van der Waals surface area (Å²) in [5.74, 6) is 0. The molecule has 0 radical (unpaired) electrons. The van der Waals surface area contributed by atoms with Crippen molar-refractivity contribution in [1.29, 1.82) is 0 Å². The number of ether oxygens (including phenoxy) is 1. The van der Waals surface area contributed by atoms with Crippen molar-refractivity contribution in [2.75, 3.05) is 20.3 Å². The molecule has 10 heavy (non-hydrogen) atoms. The molecule has 0 aliphatic carbocycles. The van der Waals surface area contributed by atoms with Crippen LogP contribution in [0.25, 0.3) is 0 Å². The lowest BCUT2D eigenvalue weighted by Gasteiger charge is -1.85. The first-order chi connectivity index (χ1) is 4.83. The predicted molar refractivity (Wildman–Crippen MR) is 37.7 cm³/mol. The van der Waals surface area contributed by atoms with Gasteiger partial charge >= 0.3 is 0 Å². The van der Waals surface area contributed by atoms with Crippen molar-refractivity contribution in [3.63, 3.8) is 0 Å². The molecule has 0 rings (SSSR count). The van der Waals surface area contributed by atoms with E-state index in [2.05, 4.69) is 10.1 Å². The summed E-state index contributed by atoms with van der Waals surface area (Å²) in [5.41, 5.74) is 0. The molecule has 1 amide bonds. The molecule has 0 aromatic rings. The minimum Gasteiger partial charge on any atom is -0.374 e. The molecule has 1 N–H and O–H groups in total. The van der Waals surface area contributed by atoms with Gasteiger partial charge in [0.1, 0.15) is 12.9 Å². The third kappa shape index (κ3) is 27.5. The van der Waals surface area contributed by atoms with Crippen LogP contribution in [0.1, 0.15) is 6.92 Å². The lowest BCUT2D eigenvalue weighted by molar-refractivity contribution is -0.111. The van der Waals surface area contributed by atoms with Gasteiger partial charge < -0.3 is 14.8 Å². The van der Waals surface area contributed by atoms with E-state index >= 15 is 0 Å². The molecule has 0 bridgehead atoms. The van der Waals surface area contributed by atoms with Crippen LogP contribution in [0.3, 0.4) is 0 Å². The van der Waals surface area contributed by atoms with Crippen LogP contribution in [-0.2, 0) is 14.3 Å². The maximum Gasteiger partial charge on any atom is 0.206 e. The second kappa shape index (κ2) is 15.7. The number of nitrogens with one attached hydrogen (secondary N) is 1. The molecule has 0 heterocycles. The average Bonchev–Trinajstić information content (AvgIpc) is 2.01. The number of carbonyl (C=O) groups is 2. The van der Waals surface area contributed by atoms with Crippen LogP contribution in [0.2, 0.25) is 0 Å². The Labute approximate surface area is 60.6 Å². The SMILES string of the molecule is CCOCC=O.CNC=O. The van der Waals surface area contributed by atoms with Crippen LogP contribution >= 0.6 is 0 Å². The Kier molecular flexibility index (Phi) is 18.6. The highest BCUT2D eigenvalue weighted by Crippen LogP contribution is 1.63. The summed E-state index contributed by atoms with van der Waals surface area (Å²) in [7, 11) is 1.56. The molecule has 0 saturated carbocycles. The summed E-state index contributed by atoms with van der Waals surface area (Å²) >= 11 is 0. The maximum atomic E-state index is 9.44. The first-order valence-electron chi connectivity index (χ1n) is 2.95. The quantitative estimate of drug-likeness (QED) is 0.434. The van der Waals surface area contributed by atoms with Crippen LogP contribution in [0.4, 0.5) is 0 Å². The Morgan fingerprint density at radius 1 is 1.50 bits per heavy atom. The Balaban J connectivity index is 0. The Hall–Kier alpha value is -0.900. The molecular formula is C6H13NO3. The highest BCUT2D eigenvalue weighted by atomic mass is 16.5. The van der Waals surface area contributed by atoms with Crippen molar-refractivity contribution >= 4 is 12.7 Å². The fraction of sp³-hybridized carbons (Fsp3) is 0.667. The molecule has 0 spiro atoms. The number of rotatable bonds is 4. The number of hydrogen-bond acceptors (Lipinski definition) is 3. The van der Waals surface area contributed by atoms with Crippen molar-refractivity contribution < 1.29 is 14.3 Å². The van der Waals surface area contributed by atoms with E-state index in [1.165, 1.54) is 0 Å². The summed E-state index contributed by atoms with van der Waals surface area (Å²) in [6.07, 6.45) is 1.36. The number of aldehydes is 1. The summed E-state index contributed by atoms with van der Waals surface area (Å²) < 4.78 is 4.61. The van der Waals surface area contributed by atoms with Crippen molar-refractivity contribution in [3.8, 4) is 0 Å². The van der Waals surface area contributed by atoms with Gasteiger partial charge in [-0.1, -0.05) is 0 Å². The Bertz CT molecular complexity index is 75.4. The molecule has 0 atom stereocenters. The zero-order chi connectivity index (χ0) is 8.24. The molecule has 0 aliphatic heterocycles. The molecule has 4 heteroatoms. The fourth-order valence-electron chi connectivity index (χ4n) is 0.166. The van der Waals surface area contributed by atoms with Crippen LogP contribution < -0.4 is 5.32 Å². The molecule has 0 aliphatic rings. The van der Waals surface area contributed by atoms with Crippen molar-refractivity contribution in [2.45, 2.75) is 6.92 Å². The third-order valence-electron chi connectivity index (χ3n) is 0.508. The summed E-state index contributed by atoms with van der Waals surface area (Å²) in [6.45, 7) is 2.71. The fourth-order valence-corrected chi connectivity index (χ4v) is 0.166.